The zero-order valence-electron chi connectivity index (χ0n) is 6.45. The van der Waals surface area contributed by atoms with Gasteiger partial charge in [0.05, 0.1) is 0 Å². The third-order valence-electron chi connectivity index (χ3n) is 0.763. The Balaban J connectivity index is 0. The van der Waals surface area contributed by atoms with E-state index < -0.39 is 7.25 Å². The molecule has 0 N–H and O–H groups in total. The second-order valence-corrected chi connectivity index (χ2v) is 2.30. The Labute approximate surface area is 69.4 Å². The number of nitrogens with zero attached hydrogens (tertiary/aromatic N) is 1. The lowest BCUT2D eigenvalue weighted by Gasteiger charge is -1.97. The van der Waals surface area contributed by atoms with Gasteiger partial charge in [0.15, 0.2) is 0 Å². The summed E-state index contributed by atoms with van der Waals surface area (Å²) in [5.41, 5.74) is 0. The van der Waals surface area contributed by atoms with Crippen LogP contribution in [0, 0.1) is 0 Å². The van der Waals surface area contributed by atoms with E-state index in [0.717, 1.165) is 13.1 Å². The Bertz CT molecular complexity index is 78.7. The monoisotopic (exact) mass is 193 g/mol. The molecule has 11 heavy (non-hydrogen) atoms. The Hall–Kier alpha value is 0.0949. The SMILES string of the molecule is CCN([SH2+])CC.F[B-](F)(F)F. The van der Waals surface area contributed by atoms with E-state index in [1.807, 2.05) is 0 Å². The lowest BCUT2D eigenvalue weighted by molar-refractivity contribution is 0.368. The van der Waals surface area contributed by atoms with Gasteiger partial charge in [-0.15, -0.1) is 4.31 Å². The van der Waals surface area contributed by atoms with Crippen LogP contribution in [0.15, 0.2) is 0 Å². The quantitative estimate of drug-likeness (QED) is 0.365. The average Bonchev–Trinajstić information content (AvgIpc) is 1.83. The van der Waals surface area contributed by atoms with Crippen molar-refractivity contribution in [2.45, 2.75) is 13.8 Å². The fourth-order valence-corrected chi connectivity index (χ4v) is 0.224. The van der Waals surface area contributed by atoms with Crippen LogP contribution in [0.1, 0.15) is 13.8 Å². The predicted molar refractivity (Wildman–Crippen MR) is 43.3 cm³/mol. The first-order chi connectivity index (χ1) is 4.81. The van der Waals surface area contributed by atoms with E-state index in [-0.39, 0.29) is 0 Å². The summed E-state index contributed by atoms with van der Waals surface area (Å²) in [6, 6.07) is 0. The van der Waals surface area contributed by atoms with Gasteiger partial charge < -0.3 is 17.3 Å². The molecular weight excluding hydrogens is 181 g/mol. The number of halogens is 4. The summed E-state index contributed by atoms with van der Waals surface area (Å²) in [6.07, 6.45) is 0. The van der Waals surface area contributed by atoms with Crippen LogP contribution in [0.5, 0.6) is 0 Å². The van der Waals surface area contributed by atoms with Crippen molar-refractivity contribution in [3.63, 3.8) is 0 Å². The molecule has 1 nitrogen and oxygen atoms in total. The molecule has 0 rings (SSSR count). The highest BCUT2D eigenvalue weighted by Crippen LogP contribution is 2.06. The van der Waals surface area contributed by atoms with Gasteiger partial charge in [0, 0.05) is 25.9 Å². The molecule has 0 spiro atoms. The Morgan fingerprint density at radius 1 is 1.09 bits per heavy atom. The summed E-state index contributed by atoms with van der Waals surface area (Å²) in [5.74, 6) is 0. The average molecular weight is 193 g/mol. The van der Waals surface area contributed by atoms with E-state index in [1.54, 1.807) is 0 Å². The number of rotatable bonds is 2. The highest BCUT2D eigenvalue weighted by molar-refractivity contribution is 7.55. The lowest BCUT2D eigenvalue weighted by atomic mass is 10.3. The first kappa shape index (κ1) is 13.7. The maximum Gasteiger partial charge on any atom is 0.673 e. The molecule has 7 heteroatoms. The first-order valence-corrected chi connectivity index (χ1v) is 3.59. The number of hydrogen-bond donors (Lipinski definition) is 0. The Kier molecular flexibility index (Phi) is 8.43. The highest BCUT2D eigenvalue weighted by atomic mass is 32.1. The molecule has 0 saturated carbocycles. The maximum atomic E-state index is 9.75. The normalized spacial score (nSPS) is 10.9. The van der Waals surface area contributed by atoms with Crippen molar-refractivity contribution < 1.29 is 17.3 Å². The molecule has 0 aromatic carbocycles. The van der Waals surface area contributed by atoms with E-state index in [2.05, 4.69) is 31.0 Å². The van der Waals surface area contributed by atoms with Gasteiger partial charge in [0.2, 0.25) is 0 Å². The van der Waals surface area contributed by atoms with Crippen LogP contribution in [-0.2, 0) is 12.8 Å². The molecule has 0 amide bonds. The van der Waals surface area contributed by atoms with Crippen molar-refractivity contribution in [3.8, 4) is 0 Å². The molecule has 70 valence electrons. The topological polar surface area (TPSA) is 3.24 Å². The third kappa shape index (κ3) is 39.4. The fraction of sp³-hybridized carbons (Fsp3) is 1.00. The molecule has 0 fully saturated rings. The van der Waals surface area contributed by atoms with Crippen LogP contribution in [-0.4, -0.2) is 24.6 Å². The minimum atomic E-state index is -6.00. The van der Waals surface area contributed by atoms with Gasteiger partial charge >= 0.3 is 7.25 Å². The highest BCUT2D eigenvalue weighted by Gasteiger charge is 2.20. The third-order valence-corrected chi connectivity index (χ3v) is 1.40. The molecule has 0 bridgehead atoms. The van der Waals surface area contributed by atoms with Gasteiger partial charge in [-0.1, -0.05) is 0 Å². The summed E-state index contributed by atoms with van der Waals surface area (Å²) in [7, 11) is -6.00. The summed E-state index contributed by atoms with van der Waals surface area (Å²) < 4.78 is 41.1. The van der Waals surface area contributed by atoms with Crippen molar-refractivity contribution >= 4 is 20.1 Å². The summed E-state index contributed by atoms with van der Waals surface area (Å²) in [5, 5.41) is 0. The minimum absolute atomic E-state index is 1.08. The van der Waals surface area contributed by atoms with Crippen molar-refractivity contribution in [2.75, 3.05) is 13.1 Å². The van der Waals surface area contributed by atoms with E-state index in [9.17, 15) is 17.3 Å². The smallest absolute Gasteiger partial charge is 0.418 e. The molecule has 0 saturated heterocycles. The standard InChI is InChI=1S/C4H11NS.BF4/c1-3-5(6)4-2;2-1(3,4)5/h6H,3-4H2,1-2H3;/q;-1/p+1. The van der Waals surface area contributed by atoms with Crippen LogP contribution in [0.3, 0.4) is 0 Å². The van der Waals surface area contributed by atoms with Crippen LogP contribution in [0.2, 0.25) is 0 Å². The molecule has 0 radical (unpaired) electrons. The van der Waals surface area contributed by atoms with Crippen molar-refractivity contribution in [3.05, 3.63) is 0 Å². The first-order valence-electron chi connectivity index (χ1n) is 3.14. The summed E-state index contributed by atoms with van der Waals surface area (Å²) in [4.78, 5) is 0. The minimum Gasteiger partial charge on any atom is -0.418 e. The Morgan fingerprint density at radius 2 is 1.27 bits per heavy atom. The molecule has 0 aliphatic heterocycles. The lowest BCUT2D eigenvalue weighted by Crippen LogP contribution is -2.13. The van der Waals surface area contributed by atoms with Crippen molar-refractivity contribution in [2.24, 2.45) is 0 Å². The summed E-state index contributed by atoms with van der Waals surface area (Å²) >= 11 is 3.35. The van der Waals surface area contributed by atoms with Crippen LogP contribution < -0.4 is 0 Å². The van der Waals surface area contributed by atoms with E-state index in [0.29, 0.717) is 0 Å². The van der Waals surface area contributed by atoms with Gasteiger partial charge in [-0.05, 0) is 13.8 Å². The van der Waals surface area contributed by atoms with Gasteiger partial charge in [-0.25, -0.2) is 0 Å². The predicted octanol–water partition coefficient (Wildman–Crippen LogP) is 1.55. The molecule has 0 heterocycles. The van der Waals surface area contributed by atoms with Crippen LogP contribution in [0.25, 0.3) is 0 Å². The van der Waals surface area contributed by atoms with Crippen molar-refractivity contribution in [1.82, 2.24) is 4.31 Å². The molecule has 0 unspecified atom stereocenters. The molecule has 0 aliphatic carbocycles. The molecule has 0 atom stereocenters. The van der Waals surface area contributed by atoms with E-state index in [4.69, 9.17) is 0 Å². The van der Waals surface area contributed by atoms with Crippen LogP contribution >= 0.6 is 0 Å². The zero-order valence-corrected chi connectivity index (χ0v) is 7.45. The maximum absolute atomic E-state index is 9.75. The van der Waals surface area contributed by atoms with Crippen molar-refractivity contribution in [1.29, 1.82) is 0 Å². The molecule has 0 aliphatic rings. The molecule has 0 aromatic rings. The Morgan fingerprint density at radius 3 is 1.27 bits per heavy atom. The van der Waals surface area contributed by atoms with Gasteiger partial charge in [0.25, 0.3) is 0 Å². The fourth-order valence-electron chi connectivity index (χ4n) is 0.224. The second kappa shape index (κ2) is 6.78. The number of hydrogen-bond acceptors (Lipinski definition) is 1. The van der Waals surface area contributed by atoms with Crippen LogP contribution in [0.4, 0.5) is 17.3 Å². The van der Waals surface area contributed by atoms with Gasteiger partial charge in [-0.2, -0.15) is 0 Å². The van der Waals surface area contributed by atoms with Gasteiger partial charge in [-0.3, -0.25) is 0 Å². The van der Waals surface area contributed by atoms with E-state index in [1.165, 1.54) is 0 Å². The second-order valence-electron chi connectivity index (χ2n) is 1.67. The zero-order chi connectivity index (χ0) is 9.49. The van der Waals surface area contributed by atoms with Gasteiger partial charge in [0.1, 0.15) is 0 Å². The molecule has 0 aromatic heterocycles. The molecular formula is C4H12BF4NS. The summed E-state index contributed by atoms with van der Waals surface area (Å²) in [6.45, 7) is 6.37. The van der Waals surface area contributed by atoms with E-state index >= 15 is 0 Å². The largest absolute Gasteiger partial charge is 0.673 e.